The number of hydrogen-bond donors (Lipinski definition) is 0. The van der Waals surface area contributed by atoms with Crippen molar-refractivity contribution in [1.82, 2.24) is 9.55 Å². The second kappa shape index (κ2) is 14.3. The number of imidazole rings is 1. The molecule has 5 aromatic carbocycles. The van der Waals surface area contributed by atoms with Crippen molar-refractivity contribution >= 4 is 32.3 Å². The van der Waals surface area contributed by atoms with E-state index in [2.05, 4.69) is 168 Å². The molecule has 0 bridgehead atoms. The predicted octanol–water partition coefficient (Wildman–Crippen LogP) is 5.45. The van der Waals surface area contributed by atoms with Crippen LogP contribution in [-0.4, -0.2) is 32.4 Å². The van der Waals surface area contributed by atoms with Crippen LogP contribution in [0.5, 0.6) is 5.75 Å². The number of benzene rings is 5. The number of aromatic nitrogens is 2. The smallest absolute Gasteiger partial charge is 0.206 e. The molecular formula is C37H37BN2OSi. The summed E-state index contributed by atoms with van der Waals surface area (Å²) in [6.07, 6.45) is 5.90. The SMILES string of the molecule is CB(c1ccccc1)c1ccccc1.CCOc1ccc([SiH2]C(c2ccccc2)(c2ccccc2)n2ccnc2)cc1. The molecule has 1 heterocycles. The zero-order valence-corrected chi connectivity index (χ0v) is 25.8. The van der Waals surface area contributed by atoms with Crippen LogP contribution in [0, 0.1) is 0 Å². The lowest BCUT2D eigenvalue weighted by Crippen LogP contribution is -2.46. The Bertz CT molecular complexity index is 1520. The lowest BCUT2D eigenvalue weighted by molar-refractivity contribution is 0.340. The van der Waals surface area contributed by atoms with Gasteiger partial charge in [0.15, 0.2) is 0 Å². The maximum atomic E-state index is 5.63. The lowest BCUT2D eigenvalue weighted by atomic mass is 9.43. The molecule has 3 nitrogen and oxygen atoms in total. The van der Waals surface area contributed by atoms with Gasteiger partial charge in [0.2, 0.25) is 6.71 Å². The fraction of sp³-hybridized carbons (Fsp3) is 0.108. The van der Waals surface area contributed by atoms with E-state index >= 15 is 0 Å². The molecule has 208 valence electrons. The summed E-state index contributed by atoms with van der Waals surface area (Å²) < 4.78 is 7.91. The van der Waals surface area contributed by atoms with E-state index in [1.165, 1.54) is 27.2 Å². The van der Waals surface area contributed by atoms with E-state index < -0.39 is 9.52 Å². The Hall–Kier alpha value is -4.61. The standard InChI is InChI=1S/C24H24N2OSi.C13H13B/c1-2-27-22-13-15-23(16-14-22)28-24(26-18-17-25-19-26,20-9-5-3-6-10-20)21-11-7-4-8-12-21;1-14(12-8-4-2-5-9-12)13-10-6-3-7-11-13/h3-19H,2,28H2,1H3;2-11H,1H3. The van der Waals surface area contributed by atoms with E-state index in [1.807, 2.05) is 19.4 Å². The van der Waals surface area contributed by atoms with Crippen LogP contribution >= 0.6 is 0 Å². The third-order valence-corrected chi connectivity index (χ3v) is 10.3. The van der Waals surface area contributed by atoms with E-state index in [-0.39, 0.29) is 5.16 Å². The zero-order valence-electron chi connectivity index (χ0n) is 24.4. The minimum atomic E-state index is -0.832. The fourth-order valence-electron chi connectivity index (χ4n) is 5.51. The second-order valence-electron chi connectivity index (χ2n) is 10.4. The molecule has 0 atom stereocenters. The van der Waals surface area contributed by atoms with E-state index in [0.29, 0.717) is 13.3 Å². The third kappa shape index (κ3) is 6.81. The number of ether oxygens (including phenoxy) is 1. The Morgan fingerprint density at radius 2 is 1.14 bits per heavy atom. The Kier molecular flexibility index (Phi) is 9.86. The van der Waals surface area contributed by atoms with Crippen LogP contribution in [-0.2, 0) is 5.16 Å². The van der Waals surface area contributed by atoms with E-state index in [4.69, 9.17) is 4.74 Å². The molecule has 0 saturated heterocycles. The first kappa shape index (κ1) is 28.9. The molecule has 42 heavy (non-hydrogen) atoms. The number of rotatable bonds is 9. The molecule has 1 aromatic heterocycles. The largest absolute Gasteiger partial charge is 0.494 e. The molecular weight excluding hydrogens is 527 g/mol. The van der Waals surface area contributed by atoms with Crippen molar-refractivity contribution < 1.29 is 4.74 Å². The van der Waals surface area contributed by atoms with Crippen molar-refractivity contribution in [3.8, 4) is 5.75 Å². The fourth-order valence-corrected chi connectivity index (χ4v) is 7.83. The summed E-state index contributed by atoms with van der Waals surface area (Å²) in [6, 6.07) is 51.4. The van der Waals surface area contributed by atoms with Gasteiger partial charge in [0, 0.05) is 12.4 Å². The molecule has 0 saturated carbocycles. The zero-order chi connectivity index (χ0) is 29.0. The molecule has 0 spiro atoms. The van der Waals surface area contributed by atoms with Crippen molar-refractivity contribution in [3.63, 3.8) is 0 Å². The highest BCUT2D eigenvalue weighted by Crippen LogP contribution is 2.33. The summed E-state index contributed by atoms with van der Waals surface area (Å²) in [5.74, 6) is 0.924. The molecule has 0 aliphatic rings. The summed E-state index contributed by atoms with van der Waals surface area (Å²) in [5.41, 5.74) is 5.33. The molecule has 0 aliphatic carbocycles. The lowest BCUT2D eigenvalue weighted by Gasteiger charge is -2.37. The van der Waals surface area contributed by atoms with E-state index in [0.717, 1.165) is 5.75 Å². The van der Waals surface area contributed by atoms with Crippen LogP contribution in [0.2, 0.25) is 6.82 Å². The van der Waals surface area contributed by atoms with Gasteiger partial charge in [-0.25, -0.2) is 4.98 Å². The predicted molar refractivity (Wildman–Crippen MR) is 181 cm³/mol. The minimum Gasteiger partial charge on any atom is -0.494 e. The molecule has 0 N–H and O–H groups in total. The molecule has 0 radical (unpaired) electrons. The average molecular weight is 565 g/mol. The van der Waals surface area contributed by atoms with Crippen LogP contribution in [0.1, 0.15) is 18.1 Å². The van der Waals surface area contributed by atoms with Gasteiger partial charge in [0.25, 0.3) is 0 Å². The maximum absolute atomic E-state index is 5.63. The first-order valence-corrected chi connectivity index (χ1v) is 16.0. The normalized spacial score (nSPS) is 11.1. The van der Waals surface area contributed by atoms with Crippen LogP contribution in [0.25, 0.3) is 0 Å². The number of hydrogen-bond acceptors (Lipinski definition) is 2. The summed E-state index contributed by atoms with van der Waals surface area (Å²) >= 11 is 0. The second-order valence-corrected chi connectivity index (χ2v) is 12.6. The Morgan fingerprint density at radius 1 is 0.667 bits per heavy atom. The van der Waals surface area contributed by atoms with Gasteiger partial charge in [0.05, 0.1) is 27.6 Å². The summed E-state index contributed by atoms with van der Waals surface area (Å²) in [5, 5.41) is 1.14. The number of nitrogens with zero attached hydrogens (tertiary/aromatic N) is 2. The van der Waals surface area contributed by atoms with Gasteiger partial charge in [-0.1, -0.05) is 156 Å². The highest BCUT2D eigenvalue weighted by molar-refractivity contribution is 6.84. The van der Waals surface area contributed by atoms with Crippen molar-refractivity contribution in [1.29, 1.82) is 0 Å². The monoisotopic (exact) mass is 564 g/mol. The van der Waals surface area contributed by atoms with Crippen LogP contribution in [0.3, 0.4) is 0 Å². The van der Waals surface area contributed by atoms with Gasteiger partial charge >= 0.3 is 0 Å². The highest BCUT2D eigenvalue weighted by Gasteiger charge is 2.36. The van der Waals surface area contributed by atoms with Gasteiger partial charge in [-0.3, -0.25) is 0 Å². The topological polar surface area (TPSA) is 27.1 Å². The van der Waals surface area contributed by atoms with Crippen LogP contribution in [0.4, 0.5) is 0 Å². The quantitative estimate of drug-likeness (QED) is 0.219. The molecule has 0 unspecified atom stereocenters. The van der Waals surface area contributed by atoms with Crippen LogP contribution < -0.4 is 20.8 Å². The van der Waals surface area contributed by atoms with Gasteiger partial charge < -0.3 is 9.30 Å². The first-order chi connectivity index (χ1) is 20.7. The van der Waals surface area contributed by atoms with Crippen molar-refractivity contribution in [2.45, 2.75) is 18.9 Å². The Balaban J connectivity index is 0.000000211. The van der Waals surface area contributed by atoms with Crippen LogP contribution in [0.15, 0.2) is 164 Å². The minimum absolute atomic E-state index is 0.244. The van der Waals surface area contributed by atoms with Crippen molar-refractivity contribution in [3.05, 3.63) is 175 Å². The van der Waals surface area contributed by atoms with Gasteiger partial charge in [-0.2, -0.15) is 0 Å². The van der Waals surface area contributed by atoms with Gasteiger partial charge in [-0.05, 0) is 30.2 Å². The Morgan fingerprint density at radius 3 is 1.57 bits per heavy atom. The molecule has 0 amide bonds. The summed E-state index contributed by atoms with van der Waals surface area (Å²) in [4.78, 5) is 4.38. The first-order valence-electron chi connectivity index (χ1n) is 14.6. The molecule has 6 aromatic rings. The van der Waals surface area contributed by atoms with Crippen molar-refractivity contribution in [2.24, 2.45) is 0 Å². The van der Waals surface area contributed by atoms with Gasteiger partial charge in [0.1, 0.15) is 5.75 Å². The molecule has 6 rings (SSSR count). The van der Waals surface area contributed by atoms with E-state index in [1.54, 1.807) is 0 Å². The third-order valence-electron chi connectivity index (χ3n) is 7.74. The summed E-state index contributed by atoms with van der Waals surface area (Å²) in [6.45, 7) is 5.42. The molecule has 5 heteroatoms. The highest BCUT2D eigenvalue weighted by atomic mass is 28.2. The molecule has 0 aliphatic heterocycles. The van der Waals surface area contributed by atoms with E-state index in [9.17, 15) is 0 Å². The van der Waals surface area contributed by atoms with Crippen molar-refractivity contribution in [2.75, 3.05) is 6.61 Å². The maximum Gasteiger partial charge on any atom is 0.206 e. The Labute approximate surface area is 252 Å². The average Bonchev–Trinajstić information content (AvgIpc) is 3.62. The molecule has 0 fully saturated rings. The van der Waals surface area contributed by atoms with Gasteiger partial charge in [-0.15, -0.1) is 0 Å². The summed E-state index contributed by atoms with van der Waals surface area (Å²) in [7, 11) is -0.832.